The van der Waals surface area contributed by atoms with Crippen LogP contribution < -0.4 is 10.9 Å². The third-order valence-corrected chi connectivity index (χ3v) is 3.88. The van der Waals surface area contributed by atoms with E-state index in [1.165, 1.54) is 0 Å². The van der Waals surface area contributed by atoms with Crippen LogP contribution in [0.15, 0.2) is 29.1 Å². The summed E-state index contributed by atoms with van der Waals surface area (Å²) in [5.41, 5.74) is 1.72. The predicted octanol–water partition coefficient (Wildman–Crippen LogP) is 1.01. The first-order valence-electron chi connectivity index (χ1n) is 6.89. The maximum absolute atomic E-state index is 12.1. The molecule has 0 atom stereocenters. The number of hydrogen-bond acceptors (Lipinski definition) is 4. The molecule has 5 nitrogen and oxygen atoms in total. The van der Waals surface area contributed by atoms with Crippen molar-refractivity contribution in [2.24, 2.45) is 0 Å². The summed E-state index contributed by atoms with van der Waals surface area (Å²) >= 11 is 0. The second-order valence-corrected chi connectivity index (χ2v) is 5.93. The monoisotopic (exact) mass is 273 g/mol. The quantitative estimate of drug-likeness (QED) is 0.876. The molecule has 2 aromatic rings. The van der Waals surface area contributed by atoms with Gasteiger partial charge in [-0.3, -0.25) is 9.20 Å². The van der Waals surface area contributed by atoms with Gasteiger partial charge in [-0.05, 0) is 38.8 Å². The van der Waals surface area contributed by atoms with E-state index in [1.807, 2.05) is 32.0 Å². The molecule has 1 fully saturated rings. The van der Waals surface area contributed by atoms with Gasteiger partial charge in [-0.1, -0.05) is 6.07 Å². The lowest BCUT2D eigenvalue weighted by Crippen LogP contribution is -2.51. The van der Waals surface area contributed by atoms with Gasteiger partial charge in [-0.15, -0.1) is 0 Å². The van der Waals surface area contributed by atoms with E-state index >= 15 is 0 Å². The number of nitrogens with zero attached hydrogens (tertiary/aromatic N) is 2. The van der Waals surface area contributed by atoms with Crippen LogP contribution in [-0.4, -0.2) is 26.1 Å². The largest absolute Gasteiger partial charge is 0.390 e. The summed E-state index contributed by atoms with van der Waals surface area (Å²) in [6.07, 6.45) is 1.50. The Morgan fingerprint density at radius 2 is 2.25 bits per heavy atom. The third-order valence-electron chi connectivity index (χ3n) is 3.88. The first kappa shape index (κ1) is 13.3. The SMILES string of the molecule is Cc1cccc2nc(CNC3CC(C)(O)C3)cc(=O)n12. The number of nitrogens with one attached hydrogen (secondary N) is 1. The summed E-state index contributed by atoms with van der Waals surface area (Å²) in [5, 5.41) is 13.0. The number of aromatic nitrogens is 2. The smallest absolute Gasteiger partial charge is 0.258 e. The van der Waals surface area contributed by atoms with Gasteiger partial charge in [-0.2, -0.15) is 0 Å². The molecule has 5 heteroatoms. The molecule has 2 aromatic heterocycles. The lowest BCUT2D eigenvalue weighted by atomic mass is 9.77. The number of hydrogen-bond donors (Lipinski definition) is 2. The summed E-state index contributed by atoms with van der Waals surface area (Å²) in [6, 6.07) is 7.51. The van der Waals surface area contributed by atoms with Crippen LogP contribution in [0, 0.1) is 6.92 Å². The van der Waals surface area contributed by atoms with Crippen molar-refractivity contribution in [3.63, 3.8) is 0 Å². The van der Waals surface area contributed by atoms with Crippen LogP contribution in [0.25, 0.3) is 5.65 Å². The number of aryl methyl sites for hydroxylation is 1. The highest BCUT2D eigenvalue weighted by atomic mass is 16.3. The van der Waals surface area contributed by atoms with Gasteiger partial charge in [0.2, 0.25) is 0 Å². The molecule has 0 aliphatic heterocycles. The molecule has 0 saturated heterocycles. The van der Waals surface area contributed by atoms with E-state index in [9.17, 15) is 9.90 Å². The third kappa shape index (κ3) is 2.46. The van der Waals surface area contributed by atoms with Crippen LogP contribution in [0.5, 0.6) is 0 Å². The molecular weight excluding hydrogens is 254 g/mol. The highest BCUT2D eigenvalue weighted by Gasteiger charge is 2.37. The highest BCUT2D eigenvalue weighted by molar-refractivity contribution is 5.40. The van der Waals surface area contributed by atoms with Gasteiger partial charge < -0.3 is 10.4 Å². The van der Waals surface area contributed by atoms with Crippen molar-refractivity contribution >= 4 is 5.65 Å². The van der Waals surface area contributed by atoms with E-state index in [0.29, 0.717) is 18.2 Å². The number of rotatable bonds is 3. The van der Waals surface area contributed by atoms with Gasteiger partial charge in [-0.25, -0.2) is 4.98 Å². The second kappa shape index (κ2) is 4.68. The Hall–Kier alpha value is -1.72. The minimum atomic E-state index is -0.537. The Labute approximate surface area is 117 Å². The van der Waals surface area contributed by atoms with Crippen molar-refractivity contribution in [1.29, 1.82) is 0 Å². The van der Waals surface area contributed by atoms with Crippen molar-refractivity contribution in [2.75, 3.05) is 0 Å². The maximum atomic E-state index is 12.1. The lowest BCUT2D eigenvalue weighted by molar-refractivity contribution is -0.0394. The molecule has 1 aliphatic carbocycles. The van der Waals surface area contributed by atoms with Crippen LogP contribution >= 0.6 is 0 Å². The van der Waals surface area contributed by atoms with Crippen LogP contribution in [0.4, 0.5) is 0 Å². The molecule has 2 N–H and O–H groups in total. The van der Waals surface area contributed by atoms with E-state index in [2.05, 4.69) is 10.3 Å². The van der Waals surface area contributed by atoms with Crippen molar-refractivity contribution < 1.29 is 5.11 Å². The molecule has 0 bridgehead atoms. The molecule has 3 rings (SSSR count). The van der Waals surface area contributed by atoms with Crippen LogP contribution in [-0.2, 0) is 6.54 Å². The molecule has 1 aliphatic rings. The Morgan fingerprint density at radius 1 is 1.50 bits per heavy atom. The fourth-order valence-electron chi connectivity index (χ4n) is 2.85. The first-order chi connectivity index (χ1) is 9.44. The molecule has 1 saturated carbocycles. The molecule has 2 heterocycles. The molecule has 0 radical (unpaired) electrons. The average molecular weight is 273 g/mol. The standard InChI is InChI=1S/C15H19N3O2/c1-10-4-3-5-13-17-11(6-14(19)18(10)13)9-16-12-7-15(2,20)8-12/h3-6,12,16,20H,7-9H2,1-2H3. The fraction of sp³-hybridized carbons (Fsp3) is 0.467. The van der Waals surface area contributed by atoms with Gasteiger partial charge in [0.15, 0.2) is 0 Å². The van der Waals surface area contributed by atoms with E-state index in [0.717, 1.165) is 24.2 Å². The highest BCUT2D eigenvalue weighted by Crippen LogP contribution is 2.31. The van der Waals surface area contributed by atoms with Crippen molar-refractivity contribution in [3.05, 3.63) is 46.0 Å². The van der Waals surface area contributed by atoms with Gasteiger partial charge in [0, 0.05) is 24.3 Å². The fourth-order valence-corrected chi connectivity index (χ4v) is 2.85. The number of aliphatic hydroxyl groups is 1. The Morgan fingerprint density at radius 3 is 2.95 bits per heavy atom. The Bertz CT molecular complexity index is 698. The zero-order chi connectivity index (χ0) is 14.3. The van der Waals surface area contributed by atoms with Crippen LogP contribution in [0.1, 0.15) is 31.2 Å². The van der Waals surface area contributed by atoms with Crippen molar-refractivity contribution in [1.82, 2.24) is 14.7 Å². The molecule has 20 heavy (non-hydrogen) atoms. The van der Waals surface area contributed by atoms with E-state index < -0.39 is 5.60 Å². The summed E-state index contributed by atoms with van der Waals surface area (Å²) in [6.45, 7) is 4.29. The van der Waals surface area contributed by atoms with Gasteiger partial charge in [0.25, 0.3) is 5.56 Å². The molecule has 0 spiro atoms. The summed E-state index contributed by atoms with van der Waals surface area (Å²) in [5.74, 6) is 0. The van der Waals surface area contributed by atoms with Crippen LogP contribution in [0.2, 0.25) is 0 Å². The molecule has 0 aromatic carbocycles. The normalized spacial score (nSPS) is 25.6. The first-order valence-corrected chi connectivity index (χ1v) is 6.89. The predicted molar refractivity (Wildman–Crippen MR) is 76.7 cm³/mol. The van der Waals surface area contributed by atoms with Gasteiger partial charge in [0.05, 0.1) is 11.3 Å². The molecule has 0 amide bonds. The summed E-state index contributed by atoms with van der Waals surface area (Å²) in [7, 11) is 0. The molecular formula is C15H19N3O2. The summed E-state index contributed by atoms with van der Waals surface area (Å²) in [4.78, 5) is 16.6. The Balaban J connectivity index is 1.78. The number of pyridine rings is 1. The lowest BCUT2D eigenvalue weighted by Gasteiger charge is -2.41. The van der Waals surface area contributed by atoms with Crippen LogP contribution in [0.3, 0.4) is 0 Å². The zero-order valence-electron chi connectivity index (χ0n) is 11.8. The zero-order valence-corrected chi connectivity index (χ0v) is 11.8. The van der Waals surface area contributed by atoms with E-state index in [1.54, 1.807) is 10.5 Å². The van der Waals surface area contributed by atoms with E-state index in [-0.39, 0.29) is 5.56 Å². The minimum Gasteiger partial charge on any atom is -0.390 e. The molecule has 0 unspecified atom stereocenters. The molecule has 106 valence electrons. The van der Waals surface area contributed by atoms with Crippen molar-refractivity contribution in [3.8, 4) is 0 Å². The average Bonchev–Trinajstić information content (AvgIpc) is 2.33. The minimum absolute atomic E-state index is 0.0505. The van der Waals surface area contributed by atoms with Gasteiger partial charge in [0.1, 0.15) is 5.65 Å². The van der Waals surface area contributed by atoms with Gasteiger partial charge >= 0.3 is 0 Å². The number of fused-ring (bicyclic) bond motifs is 1. The van der Waals surface area contributed by atoms with E-state index in [4.69, 9.17) is 0 Å². The topological polar surface area (TPSA) is 66.6 Å². The Kier molecular flexibility index (Phi) is 3.11. The summed E-state index contributed by atoms with van der Waals surface area (Å²) < 4.78 is 1.61. The van der Waals surface area contributed by atoms with Crippen molar-refractivity contribution in [2.45, 2.75) is 44.9 Å². The maximum Gasteiger partial charge on any atom is 0.258 e. The second-order valence-electron chi connectivity index (χ2n) is 5.93.